The van der Waals surface area contributed by atoms with E-state index in [-0.39, 0.29) is 5.91 Å². The number of rotatable bonds is 4. The van der Waals surface area contributed by atoms with Crippen LogP contribution in [0.5, 0.6) is 0 Å². The van der Waals surface area contributed by atoms with Crippen LogP contribution in [0.1, 0.15) is 21.5 Å². The molecule has 3 nitrogen and oxygen atoms in total. The molecule has 0 atom stereocenters. The van der Waals surface area contributed by atoms with Crippen molar-refractivity contribution in [3.63, 3.8) is 0 Å². The third kappa shape index (κ3) is 3.43. The molecule has 0 aromatic heterocycles. The highest BCUT2D eigenvalue weighted by Gasteiger charge is 2.04. The van der Waals surface area contributed by atoms with Crippen LogP contribution in [0.4, 0.5) is 0 Å². The molecule has 0 unspecified atom stereocenters. The van der Waals surface area contributed by atoms with Crippen LogP contribution in [0.3, 0.4) is 0 Å². The van der Waals surface area contributed by atoms with E-state index in [4.69, 9.17) is 5.26 Å². The fourth-order valence-corrected chi connectivity index (χ4v) is 1.85. The van der Waals surface area contributed by atoms with Gasteiger partial charge >= 0.3 is 0 Å². The Kier molecular flexibility index (Phi) is 4.30. The SMILES string of the molecule is N#Cc1ccccc1CCNC(=O)c1ccccc1. The van der Waals surface area contributed by atoms with Crippen LogP contribution in [0.2, 0.25) is 0 Å². The van der Waals surface area contributed by atoms with Gasteiger partial charge in [-0.15, -0.1) is 0 Å². The van der Waals surface area contributed by atoms with Crippen LogP contribution in [0.25, 0.3) is 0 Å². The van der Waals surface area contributed by atoms with Gasteiger partial charge in [-0.05, 0) is 30.2 Å². The van der Waals surface area contributed by atoms with Crippen LogP contribution in [-0.4, -0.2) is 12.5 Å². The van der Waals surface area contributed by atoms with Crippen LogP contribution >= 0.6 is 0 Å². The molecule has 0 radical (unpaired) electrons. The zero-order valence-electron chi connectivity index (χ0n) is 10.5. The summed E-state index contributed by atoms with van der Waals surface area (Å²) in [6, 6.07) is 18.7. The highest BCUT2D eigenvalue weighted by atomic mass is 16.1. The summed E-state index contributed by atoms with van der Waals surface area (Å²) >= 11 is 0. The molecule has 2 rings (SSSR count). The molecule has 3 heteroatoms. The molecule has 0 aliphatic carbocycles. The second kappa shape index (κ2) is 6.36. The smallest absolute Gasteiger partial charge is 0.251 e. The fourth-order valence-electron chi connectivity index (χ4n) is 1.85. The first-order valence-electron chi connectivity index (χ1n) is 6.12. The van der Waals surface area contributed by atoms with Gasteiger partial charge in [-0.2, -0.15) is 5.26 Å². The largest absolute Gasteiger partial charge is 0.352 e. The van der Waals surface area contributed by atoms with Crippen LogP contribution in [0.15, 0.2) is 54.6 Å². The van der Waals surface area contributed by atoms with Crippen LogP contribution in [-0.2, 0) is 6.42 Å². The van der Waals surface area contributed by atoms with E-state index in [0.717, 1.165) is 5.56 Å². The standard InChI is InChI=1S/C16H14N2O/c17-12-15-9-5-4-6-13(15)10-11-18-16(19)14-7-2-1-3-8-14/h1-9H,10-11H2,(H,18,19). The van der Waals surface area contributed by atoms with Gasteiger partial charge in [0, 0.05) is 12.1 Å². The van der Waals surface area contributed by atoms with E-state index in [1.54, 1.807) is 18.2 Å². The number of amides is 1. The summed E-state index contributed by atoms with van der Waals surface area (Å²) in [7, 11) is 0. The highest BCUT2D eigenvalue weighted by molar-refractivity contribution is 5.94. The van der Waals surface area contributed by atoms with E-state index in [1.165, 1.54) is 0 Å². The summed E-state index contributed by atoms with van der Waals surface area (Å²) in [5.41, 5.74) is 2.27. The molecule has 94 valence electrons. The van der Waals surface area contributed by atoms with E-state index in [1.807, 2.05) is 36.4 Å². The van der Waals surface area contributed by atoms with Crippen LogP contribution in [0, 0.1) is 11.3 Å². The molecular formula is C16H14N2O. The van der Waals surface area contributed by atoms with Gasteiger partial charge in [0.15, 0.2) is 0 Å². The molecule has 0 aliphatic heterocycles. The topological polar surface area (TPSA) is 52.9 Å². The lowest BCUT2D eigenvalue weighted by Crippen LogP contribution is -2.25. The first kappa shape index (κ1) is 12.8. The summed E-state index contributed by atoms with van der Waals surface area (Å²) < 4.78 is 0. The Morgan fingerprint density at radius 2 is 1.74 bits per heavy atom. The van der Waals surface area contributed by atoms with Crippen molar-refractivity contribution in [1.82, 2.24) is 5.32 Å². The maximum Gasteiger partial charge on any atom is 0.251 e. The molecular weight excluding hydrogens is 236 g/mol. The number of hydrogen-bond donors (Lipinski definition) is 1. The predicted octanol–water partition coefficient (Wildman–Crippen LogP) is 2.53. The van der Waals surface area contributed by atoms with Gasteiger partial charge in [-0.1, -0.05) is 36.4 Å². The quantitative estimate of drug-likeness (QED) is 0.906. The van der Waals surface area contributed by atoms with Crippen molar-refractivity contribution in [3.8, 4) is 6.07 Å². The molecule has 2 aromatic rings. The summed E-state index contributed by atoms with van der Waals surface area (Å²) in [6.07, 6.45) is 0.655. The predicted molar refractivity (Wildman–Crippen MR) is 73.6 cm³/mol. The van der Waals surface area contributed by atoms with Gasteiger partial charge in [-0.3, -0.25) is 4.79 Å². The maximum atomic E-state index is 11.8. The Morgan fingerprint density at radius 3 is 2.47 bits per heavy atom. The number of carbonyl (C=O) groups excluding carboxylic acids is 1. The molecule has 0 spiro atoms. The molecule has 1 amide bonds. The van der Waals surface area contributed by atoms with E-state index in [9.17, 15) is 4.79 Å². The maximum absolute atomic E-state index is 11.8. The van der Waals surface area contributed by atoms with Gasteiger partial charge < -0.3 is 5.32 Å². The van der Waals surface area contributed by atoms with E-state index < -0.39 is 0 Å². The fraction of sp³-hybridized carbons (Fsp3) is 0.125. The summed E-state index contributed by atoms with van der Waals surface area (Å²) in [5, 5.41) is 11.8. The molecule has 0 heterocycles. The minimum absolute atomic E-state index is 0.0879. The third-order valence-electron chi connectivity index (χ3n) is 2.85. The third-order valence-corrected chi connectivity index (χ3v) is 2.85. The monoisotopic (exact) mass is 250 g/mol. The Labute approximate surface area is 112 Å². The second-order valence-electron chi connectivity index (χ2n) is 4.14. The summed E-state index contributed by atoms with van der Waals surface area (Å²) in [5.74, 6) is -0.0879. The van der Waals surface area contributed by atoms with E-state index in [2.05, 4.69) is 11.4 Å². The summed E-state index contributed by atoms with van der Waals surface area (Å²) in [4.78, 5) is 11.8. The lowest BCUT2D eigenvalue weighted by Gasteiger charge is -2.06. The van der Waals surface area contributed by atoms with E-state index >= 15 is 0 Å². The first-order chi connectivity index (χ1) is 9.31. The van der Waals surface area contributed by atoms with Gasteiger partial charge in [0.05, 0.1) is 11.6 Å². The number of nitrogens with one attached hydrogen (secondary N) is 1. The molecule has 0 saturated carbocycles. The average Bonchev–Trinajstić information content (AvgIpc) is 2.48. The van der Waals surface area contributed by atoms with E-state index in [0.29, 0.717) is 24.1 Å². The van der Waals surface area contributed by atoms with Gasteiger partial charge in [0.2, 0.25) is 0 Å². The second-order valence-corrected chi connectivity index (χ2v) is 4.14. The molecule has 19 heavy (non-hydrogen) atoms. The van der Waals surface area contributed by atoms with Gasteiger partial charge in [-0.25, -0.2) is 0 Å². The van der Waals surface area contributed by atoms with Gasteiger partial charge in [0.25, 0.3) is 5.91 Å². The Bertz CT molecular complexity index is 600. The molecule has 1 N–H and O–H groups in total. The Balaban J connectivity index is 1.91. The van der Waals surface area contributed by atoms with Crippen molar-refractivity contribution < 1.29 is 4.79 Å². The zero-order valence-corrected chi connectivity index (χ0v) is 10.5. The molecule has 0 saturated heterocycles. The number of benzene rings is 2. The minimum Gasteiger partial charge on any atom is -0.352 e. The number of carbonyl (C=O) groups is 1. The average molecular weight is 250 g/mol. The number of nitrogens with zero attached hydrogens (tertiary/aromatic N) is 1. The van der Waals surface area contributed by atoms with Crippen molar-refractivity contribution in [2.75, 3.05) is 6.54 Å². The number of nitriles is 1. The van der Waals surface area contributed by atoms with Crippen LogP contribution < -0.4 is 5.32 Å². The van der Waals surface area contributed by atoms with Crippen molar-refractivity contribution in [2.24, 2.45) is 0 Å². The molecule has 0 aliphatic rings. The van der Waals surface area contributed by atoms with Crippen molar-refractivity contribution in [3.05, 3.63) is 71.3 Å². The van der Waals surface area contributed by atoms with Crippen molar-refractivity contribution in [1.29, 1.82) is 5.26 Å². The van der Waals surface area contributed by atoms with Crippen molar-refractivity contribution >= 4 is 5.91 Å². The summed E-state index contributed by atoms with van der Waals surface area (Å²) in [6.45, 7) is 0.520. The number of hydrogen-bond acceptors (Lipinski definition) is 2. The first-order valence-corrected chi connectivity index (χ1v) is 6.12. The highest BCUT2D eigenvalue weighted by Crippen LogP contribution is 2.07. The lowest BCUT2D eigenvalue weighted by atomic mass is 10.1. The molecule has 0 bridgehead atoms. The minimum atomic E-state index is -0.0879. The van der Waals surface area contributed by atoms with Gasteiger partial charge in [0.1, 0.15) is 0 Å². The lowest BCUT2D eigenvalue weighted by molar-refractivity contribution is 0.0954. The Hall–Kier alpha value is -2.60. The molecule has 0 fully saturated rings. The normalized spacial score (nSPS) is 9.63. The van der Waals surface area contributed by atoms with Crippen molar-refractivity contribution in [2.45, 2.75) is 6.42 Å². The Morgan fingerprint density at radius 1 is 1.05 bits per heavy atom. The zero-order chi connectivity index (χ0) is 13.5. The molecule has 2 aromatic carbocycles.